The maximum absolute atomic E-state index is 12.5. The second-order valence-corrected chi connectivity index (χ2v) is 6.49. The van der Waals surface area contributed by atoms with Crippen LogP contribution in [0.25, 0.3) is 0 Å². The quantitative estimate of drug-likeness (QED) is 0.571. The van der Waals surface area contributed by atoms with E-state index in [1.54, 1.807) is 7.11 Å². The number of nitro benzene ring substituents is 1. The Labute approximate surface area is 154 Å². The summed E-state index contributed by atoms with van der Waals surface area (Å²) in [7, 11) is 1.59. The van der Waals surface area contributed by atoms with Gasteiger partial charge >= 0.3 is 5.97 Å². The lowest BCUT2D eigenvalue weighted by atomic mass is 9.94. The van der Waals surface area contributed by atoms with Crippen molar-refractivity contribution in [2.45, 2.75) is 18.3 Å². The van der Waals surface area contributed by atoms with E-state index in [4.69, 9.17) is 9.84 Å². The van der Waals surface area contributed by atoms with Crippen molar-refractivity contribution in [3.63, 3.8) is 0 Å². The lowest BCUT2D eigenvalue weighted by Gasteiger charge is -2.19. The molecule has 0 unspecified atom stereocenters. The molecule has 1 saturated carbocycles. The van der Waals surface area contributed by atoms with Gasteiger partial charge in [0.25, 0.3) is 11.6 Å². The number of amides is 1. The van der Waals surface area contributed by atoms with Gasteiger partial charge in [-0.05, 0) is 25.0 Å². The van der Waals surface area contributed by atoms with Crippen LogP contribution >= 0.6 is 0 Å². The Morgan fingerprint density at radius 2 is 1.89 bits per heavy atom. The van der Waals surface area contributed by atoms with E-state index in [9.17, 15) is 19.7 Å². The molecule has 1 amide bonds. The van der Waals surface area contributed by atoms with Crippen LogP contribution in [0, 0.1) is 10.1 Å². The first-order chi connectivity index (χ1) is 12.9. The zero-order chi connectivity index (χ0) is 19.6. The third-order valence-corrected chi connectivity index (χ3v) is 4.76. The molecule has 2 N–H and O–H groups in total. The van der Waals surface area contributed by atoms with Gasteiger partial charge < -0.3 is 15.2 Å². The first-order valence-electron chi connectivity index (χ1n) is 8.31. The number of rotatable bonds is 7. The molecule has 1 aliphatic carbocycles. The van der Waals surface area contributed by atoms with Gasteiger partial charge in [-0.3, -0.25) is 14.9 Å². The van der Waals surface area contributed by atoms with Crippen molar-refractivity contribution in [2.75, 3.05) is 13.7 Å². The molecule has 3 rings (SSSR count). The van der Waals surface area contributed by atoms with E-state index >= 15 is 0 Å². The smallest absolute Gasteiger partial charge is 0.335 e. The summed E-state index contributed by atoms with van der Waals surface area (Å²) in [6.07, 6.45) is 1.76. The SMILES string of the molecule is COc1ccccc1C1(CNC(=O)c2cc(C(=O)O)cc([N+](=O)[O-])c2)CC1. The lowest BCUT2D eigenvalue weighted by molar-refractivity contribution is -0.384. The summed E-state index contributed by atoms with van der Waals surface area (Å²) in [6, 6.07) is 10.7. The number of hydrogen-bond donors (Lipinski definition) is 2. The highest BCUT2D eigenvalue weighted by Gasteiger charge is 2.46. The van der Waals surface area contributed by atoms with Crippen molar-refractivity contribution in [3.05, 3.63) is 69.3 Å². The minimum absolute atomic E-state index is 0.0579. The molecule has 140 valence electrons. The molecule has 0 aliphatic heterocycles. The van der Waals surface area contributed by atoms with Crippen molar-refractivity contribution >= 4 is 17.6 Å². The zero-order valence-corrected chi connectivity index (χ0v) is 14.6. The van der Waals surface area contributed by atoms with Crippen LogP contribution in [0.3, 0.4) is 0 Å². The highest BCUT2D eigenvalue weighted by Crippen LogP contribution is 2.50. The van der Waals surface area contributed by atoms with E-state index in [1.165, 1.54) is 0 Å². The predicted molar refractivity (Wildman–Crippen MR) is 96.3 cm³/mol. The molecular formula is C19H18N2O6. The molecule has 0 radical (unpaired) electrons. The minimum Gasteiger partial charge on any atom is -0.496 e. The van der Waals surface area contributed by atoms with E-state index in [-0.39, 0.29) is 16.5 Å². The Kier molecular flexibility index (Phi) is 4.81. The van der Waals surface area contributed by atoms with Crippen molar-refractivity contribution in [1.29, 1.82) is 0 Å². The third-order valence-electron chi connectivity index (χ3n) is 4.76. The number of para-hydroxylation sites is 1. The van der Waals surface area contributed by atoms with Crippen molar-refractivity contribution < 1.29 is 24.4 Å². The topological polar surface area (TPSA) is 119 Å². The fraction of sp³-hybridized carbons (Fsp3) is 0.263. The van der Waals surface area contributed by atoms with Crippen molar-refractivity contribution in [2.24, 2.45) is 0 Å². The number of carboxylic acids is 1. The molecule has 0 spiro atoms. The first-order valence-corrected chi connectivity index (χ1v) is 8.31. The van der Waals surface area contributed by atoms with E-state index in [1.807, 2.05) is 24.3 Å². The Bertz CT molecular complexity index is 888. The summed E-state index contributed by atoms with van der Waals surface area (Å²) in [5, 5.41) is 22.9. The molecule has 2 aromatic rings. The summed E-state index contributed by atoms with van der Waals surface area (Å²) in [6.45, 7) is 0.331. The number of carboxylic acid groups (broad SMARTS) is 1. The number of methoxy groups -OCH3 is 1. The van der Waals surface area contributed by atoms with Crippen LogP contribution in [-0.4, -0.2) is 35.6 Å². The van der Waals surface area contributed by atoms with Crippen molar-refractivity contribution in [3.8, 4) is 5.75 Å². The van der Waals surface area contributed by atoms with Crippen molar-refractivity contribution in [1.82, 2.24) is 5.32 Å². The molecular weight excluding hydrogens is 352 g/mol. The van der Waals surface area contributed by atoms with Gasteiger partial charge in [0, 0.05) is 35.2 Å². The molecule has 2 aromatic carbocycles. The summed E-state index contributed by atoms with van der Waals surface area (Å²) in [5.41, 5.74) is -0.0415. The van der Waals surface area contributed by atoms with Crippen LogP contribution in [-0.2, 0) is 5.41 Å². The molecule has 0 heterocycles. The summed E-state index contributed by atoms with van der Waals surface area (Å²) >= 11 is 0. The molecule has 27 heavy (non-hydrogen) atoms. The van der Waals surface area contributed by atoms with Crippen LogP contribution < -0.4 is 10.1 Å². The molecule has 8 heteroatoms. The molecule has 0 aromatic heterocycles. The fourth-order valence-corrected chi connectivity index (χ4v) is 3.10. The molecule has 0 atom stereocenters. The van der Waals surface area contributed by atoms with Crippen LogP contribution in [0.4, 0.5) is 5.69 Å². The Morgan fingerprint density at radius 1 is 1.22 bits per heavy atom. The summed E-state index contributed by atoms with van der Waals surface area (Å²) < 4.78 is 5.39. The predicted octanol–water partition coefficient (Wildman–Crippen LogP) is 2.76. The largest absolute Gasteiger partial charge is 0.496 e. The van der Waals surface area contributed by atoms with Gasteiger partial charge in [0.1, 0.15) is 5.75 Å². The molecule has 8 nitrogen and oxygen atoms in total. The summed E-state index contributed by atoms with van der Waals surface area (Å²) in [4.78, 5) is 33.9. The second-order valence-electron chi connectivity index (χ2n) is 6.49. The standard InChI is InChI=1S/C19H18N2O6/c1-27-16-5-3-2-4-15(16)19(6-7-19)11-20-17(22)12-8-13(18(23)24)10-14(9-12)21(25)26/h2-5,8-10H,6-7,11H2,1H3,(H,20,22)(H,23,24). The van der Waals surface area contributed by atoms with Crippen LogP contribution in [0.15, 0.2) is 42.5 Å². The van der Waals surface area contributed by atoms with E-state index in [2.05, 4.69) is 5.32 Å². The van der Waals surface area contributed by atoms with Gasteiger partial charge in [0.2, 0.25) is 0 Å². The second kappa shape index (κ2) is 7.06. The fourth-order valence-electron chi connectivity index (χ4n) is 3.10. The normalized spacial score (nSPS) is 14.3. The number of nitro groups is 1. The van der Waals surface area contributed by atoms with Gasteiger partial charge in [-0.15, -0.1) is 0 Å². The number of ether oxygens (including phenoxy) is 1. The Morgan fingerprint density at radius 3 is 2.48 bits per heavy atom. The molecule has 0 bridgehead atoms. The van der Waals surface area contributed by atoms with Gasteiger partial charge in [-0.1, -0.05) is 18.2 Å². The van der Waals surface area contributed by atoms with Crippen LogP contribution in [0.5, 0.6) is 5.75 Å². The Hall–Kier alpha value is -3.42. The average molecular weight is 370 g/mol. The number of carbonyl (C=O) groups excluding carboxylic acids is 1. The number of carbonyl (C=O) groups is 2. The third kappa shape index (κ3) is 3.74. The van der Waals surface area contributed by atoms with E-state index < -0.39 is 22.5 Å². The van der Waals surface area contributed by atoms with E-state index in [0.717, 1.165) is 42.4 Å². The maximum atomic E-state index is 12.5. The molecule has 0 saturated heterocycles. The number of non-ortho nitro benzene ring substituents is 1. The average Bonchev–Trinajstić information content (AvgIpc) is 3.46. The molecule has 1 aliphatic rings. The maximum Gasteiger partial charge on any atom is 0.335 e. The number of aromatic carboxylic acids is 1. The monoisotopic (exact) mass is 370 g/mol. The highest BCUT2D eigenvalue weighted by atomic mass is 16.6. The highest BCUT2D eigenvalue weighted by molar-refractivity contribution is 5.98. The molecule has 1 fully saturated rings. The Balaban J connectivity index is 1.80. The van der Waals surface area contributed by atoms with Gasteiger partial charge in [0.05, 0.1) is 17.6 Å². The number of nitrogens with one attached hydrogen (secondary N) is 1. The summed E-state index contributed by atoms with van der Waals surface area (Å²) in [5.74, 6) is -1.14. The van der Waals surface area contributed by atoms with Gasteiger partial charge in [0.15, 0.2) is 0 Å². The zero-order valence-electron chi connectivity index (χ0n) is 14.6. The lowest BCUT2D eigenvalue weighted by Crippen LogP contribution is -2.32. The van der Waals surface area contributed by atoms with Gasteiger partial charge in [-0.2, -0.15) is 0 Å². The van der Waals surface area contributed by atoms with Gasteiger partial charge in [-0.25, -0.2) is 4.79 Å². The van der Waals surface area contributed by atoms with Crippen LogP contribution in [0.1, 0.15) is 39.1 Å². The number of nitrogens with zero attached hydrogens (tertiary/aromatic N) is 1. The first kappa shape index (κ1) is 18.4. The minimum atomic E-state index is -1.33. The van der Waals surface area contributed by atoms with E-state index in [0.29, 0.717) is 6.54 Å². The van der Waals surface area contributed by atoms with Crippen LogP contribution in [0.2, 0.25) is 0 Å². The number of benzene rings is 2. The number of hydrogen-bond acceptors (Lipinski definition) is 5.